The number of halogens is 2. The number of hydrogen-bond donors (Lipinski definition) is 1. The maximum Gasteiger partial charge on any atom is 0.325 e. The molecule has 1 aromatic heterocycles. The predicted octanol–water partition coefficient (Wildman–Crippen LogP) is 2.37. The summed E-state index contributed by atoms with van der Waals surface area (Å²) in [4.78, 5) is 30.0. The second kappa shape index (κ2) is 5.99. The molecule has 1 unspecified atom stereocenters. The molecule has 1 aromatic carbocycles. The van der Waals surface area contributed by atoms with Gasteiger partial charge in [-0.3, -0.25) is 14.7 Å². The maximum absolute atomic E-state index is 13.5. The molecule has 1 fully saturated rings. The fourth-order valence-corrected chi connectivity index (χ4v) is 2.68. The van der Waals surface area contributed by atoms with E-state index in [1.165, 1.54) is 13.0 Å². The van der Waals surface area contributed by atoms with Crippen molar-refractivity contribution in [2.24, 2.45) is 0 Å². The first-order chi connectivity index (χ1) is 11.4. The van der Waals surface area contributed by atoms with Crippen molar-refractivity contribution in [2.45, 2.75) is 18.9 Å². The fraction of sp³-hybridized carbons (Fsp3) is 0.235. The number of carbonyl (C=O) groups is 2. The van der Waals surface area contributed by atoms with Gasteiger partial charge < -0.3 is 5.32 Å². The van der Waals surface area contributed by atoms with Crippen molar-refractivity contribution in [3.05, 3.63) is 65.5 Å². The Hall–Kier alpha value is -2.83. The Morgan fingerprint density at radius 2 is 1.96 bits per heavy atom. The lowest BCUT2D eigenvalue weighted by atomic mass is 9.92. The van der Waals surface area contributed by atoms with Gasteiger partial charge in [-0.1, -0.05) is 12.1 Å². The Balaban J connectivity index is 1.81. The normalized spacial score (nSPS) is 20.4. The van der Waals surface area contributed by atoms with Crippen molar-refractivity contribution in [1.29, 1.82) is 0 Å². The molecular formula is C17H15F2N3O2. The van der Waals surface area contributed by atoms with Crippen LogP contribution in [0, 0.1) is 11.6 Å². The summed E-state index contributed by atoms with van der Waals surface area (Å²) in [5.74, 6) is -2.58. The first-order valence-corrected chi connectivity index (χ1v) is 7.41. The minimum atomic E-state index is -1.42. The van der Waals surface area contributed by atoms with Crippen molar-refractivity contribution in [3.8, 4) is 0 Å². The van der Waals surface area contributed by atoms with Crippen LogP contribution in [0.4, 0.5) is 13.6 Å². The van der Waals surface area contributed by atoms with Crippen molar-refractivity contribution >= 4 is 11.9 Å². The highest BCUT2D eigenvalue weighted by atomic mass is 19.2. The molecule has 1 N–H and O–H groups in total. The van der Waals surface area contributed by atoms with Gasteiger partial charge in [-0.05, 0) is 36.8 Å². The summed E-state index contributed by atoms with van der Waals surface area (Å²) < 4.78 is 26.6. The van der Waals surface area contributed by atoms with Crippen LogP contribution in [0.3, 0.4) is 0 Å². The monoisotopic (exact) mass is 331 g/mol. The SMILES string of the molecule is CC1(c2ccc(F)c(F)c2)NC(=O)N(CCc2ccccn2)C1=O. The van der Waals surface area contributed by atoms with Crippen molar-refractivity contribution < 1.29 is 18.4 Å². The Labute approximate surface area is 137 Å². The highest BCUT2D eigenvalue weighted by Gasteiger charge is 2.48. The van der Waals surface area contributed by atoms with Gasteiger partial charge in [0.2, 0.25) is 0 Å². The van der Waals surface area contributed by atoms with E-state index in [-0.39, 0.29) is 12.1 Å². The smallest absolute Gasteiger partial charge is 0.319 e. The fourth-order valence-electron chi connectivity index (χ4n) is 2.68. The molecule has 0 spiro atoms. The Morgan fingerprint density at radius 1 is 1.17 bits per heavy atom. The van der Waals surface area contributed by atoms with Crippen LogP contribution in [0.1, 0.15) is 18.2 Å². The highest BCUT2D eigenvalue weighted by Crippen LogP contribution is 2.29. The zero-order chi connectivity index (χ0) is 17.3. The lowest BCUT2D eigenvalue weighted by molar-refractivity contribution is -0.131. The molecule has 3 rings (SSSR count). The van der Waals surface area contributed by atoms with Gasteiger partial charge in [-0.2, -0.15) is 0 Å². The van der Waals surface area contributed by atoms with Gasteiger partial charge in [-0.25, -0.2) is 13.6 Å². The van der Waals surface area contributed by atoms with E-state index >= 15 is 0 Å². The molecule has 0 radical (unpaired) electrons. The molecule has 5 nitrogen and oxygen atoms in total. The molecule has 2 heterocycles. The van der Waals surface area contributed by atoms with Crippen LogP contribution in [0.15, 0.2) is 42.6 Å². The summed E-state index contributed by atoms with van der Waals surface area (Å²) in [6.45, 7) is 1.63. The summed E-state index contributed by atoms with van der Waals surface area (Å²) >= 11 is 0. The largest absolute Gasteiger partial charge is 0.325 e. The van der Waals surface area contributed by atoms with Gasteiger partial charge in [0.05, 0.1) is 0 Å². The van der Waals surface area contributed by atoms with Gasteiger partial charge in [0.15, 0.2) is 11.6 Å². The molecule has 0 aliphatic carbocycles. The number of imide groups is 1. The summed E-state index contributed by atoms with van der Waals surface area (Å²) in [6.07, 6.45) is 2.04. The standard InChI is InChI=1S/C17H15F2N3O2/c1-17(11-5-6-13(18)14(19)10-11)15(23)22(16(24)21-17)9-7-12-4-2-3-8-20-12/h2-6,8,10H,7,9H2,1H3,(H,21,24). The molecule has 24 heavy (non-hydrogen) atoms. The molecule has 0 bridgehead atoms. The highest BCUT2D eigenvalue weighted by molar-refractivity contribution is 6.07. The van der Waals surface area contributed by atoms with E-state index in [1.807, 2.05) is 6.07 Å². The summed E-state index contributed by atoms with van der Waals surface area (Å²) in [6, 6.07) is 7.98. The number of hydrogen-bond acceptors (Lipinski definition) is 3. The third kappa shape index (κ3) is 2.73. The van der Waals surface area contributed by atoms with E-state index in [4.69, 9.17) is 0 Å². The molecule has 124 valence electrons. The summed E-state index contributed by atoms with van der Waals surface area (Å²) in [5, 5.41) is 2.56. The van der Waals surface area contributed by atoms with Crippen molar-refractivity contribution in [2.75, 3.05) is 6.54 Å². The third-order valence-corrected chi connectivity index (χ3v) is 4.09. The van der Waals surface area contributed by atoms with Gasteiger partial charge in [0, 0.05) is 24.9 Å². The van der Waals surface area contributed by atoms with Crippen LogP contribution in [-0.4, -0.2) is 28.4 Å². The summed E-state index contributed by atoms with van der Waals surface area (Å²) in [7, 11) is 0. The van der Waals surface area contributed by atoms with E-state index in [0.717, 1.165) is 22.7 Å². The number of aromatic nitrogens is 1. The number of benzene rings is 1. The number of nitrogens with zero attached hydrogens (tertiary/aromatic N) is 2. The number of nitrogens with one attached hydrogen (secondary N) is 1. The average Bonchev–Trinajstić information content (AvgIpc) is 2.79. The van der Waals surface area contributed by atoms with Crippen LogP contribution < -0.4 is 5.32 Å². The van der Waals surface area contributed by atoms with Crippen LogP contribution in [0.25, 0.3) is 0 Å². The first-order valence-electron chi connectivity index (χ1n) is 7.41. The maximum atomic E-state index is 13.5. The van der Waals surface area contributed by atoms with Crippen LogP contribution >= 0.6 is 0 Å². The van der Waals surface area contributed by atoms with Crippen molar-refractivity contribution in [3.63, 3.8) is 0 Å². The van der Waals surface area contributed by atoms with Crippen LogP contribution in [0.2, 0.25) is 0 Å². The number of amides is 3. The summed E-state index contributed by atoms with van der Waals surface area (Å²) in [5.41, 5.74) is -0.477. The van der Waals surface area contributed by atoms with Crippen LogP contribution in [0.5, 0.6) is 0 Å². The molecule has 3 amide bonds. The minimum absolute atomic E-state index is 0.154. The predicted molar refractivity (Wildman–Crippen MR) is 81.9 cm³/mol. The third-order valence-electron chi connectivity index (χ3n) is 4.09. The molecular weight excluding hydrogens is 316 g/mol. The van der Waals surface area contributed by atoms with Gasteiger partial charge in [-0.15, -0.1) is 0 Å². The van der Waals surface area contributed by atoms with E-state index < -0.39 is 29.1 Å². The van der Waals surface area contributed by atoms with E-state index in [1.54, 1.807) is 18.3 Å². The molecule has 7 heteroatoms. The number of urea groups is 1. The molecule has 1 aliphatic heterocycles. The molecule has 1 saturated heterocycles. The van der Waals surface area contributed by atoms with E-state index in [9.17, 15) is 18.4 Å². The molecule has 1 aliphatic rings. The molecule has 0 saturated carbocycles. The number of pyridine rings is 1. The minimum Gasteiger partial charge on any atom is -0.319 e. The molecule has 2 aromatic rings. The Kier molecular flexibility index (Phi) is 4.01. The average molecular weight is 331 g/mol. The van der Waals surface area contributed by atoms with E-state index in [0.29, 0.717) is 6.42 Å². The zero-order valence-electron chi connectivity index (χ0n) is 12.9. The Bertz CT molecular complexity index is 798. The van der Waals surface area contributed by atoms with Gasteiger partial charge in [0.25, 0.3) is 5.91 Å². The second-order valence-corrected chi connectivity index (χ2v) is 5.71. The Morgan fingerprint density at radius 3 is 2.62 bits per heavy atom. The number of carbonyl (C=O) groups excluding carboxylic acids is 2. The molecule has 1 atom stereocenters. The quantitative estimate of drug-likeness (QED) is 0.875. The first kappa shape index (κ1) is 16.0. The van der Waals surface area contributed by atoms with E-state index in [2.05, 4.69) is 10.3 Å². The lowest BCUT2D eigenvalue weighted by Gasteiger charge is -2.22. The van der Waals surface area contributed by atoms with Gasteiger partial charge >= 0.3 is 6.03 Å². The zero-order valence-corrected chi connectivity index (χ0v) is 12.9. The second-order valence-electron chi connectivity index (χ2n) is 5.71. The van der Waals surface area contributed by atoms with Crippen LogP contribution in [-0.2, 0) is 16.8 Å². The number of rotatable bonds is 4. The van der Waals surface area contributed by atoms with Gasteiger partial charge in [0.1, 0.15) is 5.54 Å². The lowest BCUT2D eigenvalue weighted by Crippen LogP contribution is -2.41. The topological polar surface area (TPSA) is 62.3 Å². The van der Waals surface area contributed by atoms with Crippen molar-refractivity contribution in [1.82, 2.24) is 15.2 Å².